The zero-order chi connectivity index (χ0) is 19.8. The molecular formula is C22H28ClN3O2. The first-order chi connectivity index (χ1) is 13.7. The summed E-state index contributed by atoms with van der Waals surface area (Å²) in [5, 5.41) is 3.63. The van der Waals surface area contributed by atoms with E-state index in [1.165, 1.54) is 0 Å². The van der Waals surface area contributed by atoms with Crippen molar-refractivity contribution >= 4 is 28.9 Å². The van der Waals surface area contributed by atoms with Crippen LogP contribution in [0.15, 0.2) is 48.5 Å². The number of nitrogens with zero attached hydrogens (tertiary/aromatic N) is 2. The van der Waals surface area contributed by atoms with Gasteiger partial charge in [0.25, 0.3) is 0 Å². The lowest BCUT2D eigenvalue weighted by molar-refractivity contribution is -0.117. The summed E-state index contributed by atoms with van der Waals surface area (Å²) in [5.41, 5.74) is 2.90. The molecule has 3 rings (SSSR count). The number of carbonyl (C=O) groups excluding carboxylic acids is 1. The van der Waals surface area contributed by atoms with Crippen LogP contribution in [0.3, 0.4) is 0 Å². The molecule has 1 amide bonds. The first-order valence-corrected chi connectivity index (χ1v) is 10.2. The highest BCUT2D eigenvalue weighted by Crippen LogP contribution is 2.30. The zero-order valence-electron chi connectivity index (χ0n) is 16.4. The van der Waals surface area contributed by atoms with E-state index in [9.17, 15) is 4.79 Å². The number of benzene rings is 2. The Labute approximate surface area is 172 Å². The predicted octanol–water partition coefficient (Wildman–Crippen LogP) is 4.03. The van der Waals surface area contributed by atoms with Gasteiger partial charge in [-0.3, -0.25) is 4.79 Å². The molecule has 2 aromatic rings. The minimum atomic E-state index is -0.0660. The van der Waals surface area contributed by atoms with E-state index in [1.54, 1.807) is 0 Å². The van der Waals surface area contributed by atoms with Crippen molar-refractivity contribution in [2.75, 3.05) is 49.5 Å². The van der Waals surface area contributed by atoms with E-state index in [0.717, 1.165) is 49.7 Å². The SMILES string of the molecule is CCN1CCN(c2ccc(Cl)cc2NC(=O)CCOCc2ccccc2)CC1. The van der Waals surface area contributed by atoms with Crippen molar-refractivity contribution in [2.24, 2.45) is 0 Å². The molecule has 0 spiro atoms. The average molecular weight is 402 g/mol. The Morgan fingerprint density at radius 1 is 1.11 bits per heavy atom. The predicted molar refractivity (Wildman–Crippen MR) is 115 cm³/mol. The molecule has 1 fully saturated rings. The van der Waals surface area contributed by atoms with Gasteiger partial charge >= 0.3 is 0 Å². The molecule has 1 aliphatic heterocycles. The quantitative estimate of drug-likeness (QED) is 0.678. The van der Waals surface area contributed by atoms with Crippen molar-refractivity contribution < 1.29 is 9.53 Å². The Bertz CT molecular complexity index is 762. The number of ether oxygens (including phenoxy) is 1. The van der Waals surface area contributed by atoms with Crippen molar-refractivity contribution in [2.45, 2.75) is 20.0 Å². The molecule has 0 aliphatic carbocycles. The Hall–Kier alpha value is -2.08. The molecule has 5 nitrogen and oxygen atoms in total. The molecule has 1 N–H and O–H groups in total. The highest BCUT2D eigenvalue weighted by molar-refractivity contribution is 6.31. The second kappa shape index (κ2) is 10.5. The molecule has 2 aromatic carbocycles. The van der Waals surface area contributed by atoms with Gasteiger partial charge in [-0.25, -0.2) is 0 Å². The lowest BCUT2D eigenvalue weighted by atomic mass is 10.2. The first-order valence-electron chi connectivity index (χ1n) is 9.84. The maximum absolute atomic E-state index is 12.4. The van der Waals surface area contributed by atoms with E-state index in [-0.39, 0.29) is 5.91 Å². The molecular weight excluding hydrogens is 374 g/mol. The van der Waals surface area contributed by atoms with Gasteiger partial charge in [0.15, 0.2) is 0 Å². The minimum Gasteiger partial charge on any atom is -0.376 e. The zero-order valence-corrected chi connectivity index (χ0v) is 17.1. The normalized spacial score (nSPS) is 14.9. The summed E-state index contributed by atoms with van der Waals surface area (Å²) in [6, 6.07) is 15.6. The van der Waals surface area contributed by atoms with Crippen molar-refractivity contribution in [1.82, 2.24) is 4.90 Å². The number of halogens is 1. The smallest absolute Gasteiger partial charge is 0.226 e. The lowest BCUT2D eigenvalue weighted by Crippen LogP contribution is -2.46. The summed E-state index contributed by atoms with van der Waals surface area (Å²) in [6.07, 6.45) is 0.308. The molecule has 0 bridgehead atoms. The average Bonchev–Trinajstić information content (AvgIpc) is 2.72. The second-order valence-corrected chi connectivity index (χ2v) is 7.36. The Morgan fingerprint density at radius 3 is 2.57 bits per heavy atom. The van der Waals surface area contributed by atoms with Crippen LogP contribution in [-0.4, -0.2) is 50.1 Å². The van der Waals surface area contributed by atoms with Gasteiger partial charge in [0.05, 0.1) is 31.0 Å². The second-order valence-electron chi connectivity index (χ2n) is 6.92. The molecule has 1 heterocycles. The molecule has 150 valence electrons. The number of hydrogen-bond acceptors (Lipinski definition) is 4. The Balaban J connectivity index is 1.52. The molecule has 6 heteroatoms. The summed E-state index contributed by atoms with van der Waals surface area (Å²) in [4.78, 5) is 17.1. The fourth-order valence-corrected chi connectivity index (χ4v) is 3.50. The number of amides is 1. The summed E-state index contributed by atoms with van der Waals surface area (Å²) in [5.74, 6) is -0.0660. The van der Waals surface area contributed by atoms with Gasteiger partial charge in [-0.2, -0.15) is 0 Å². The van der Waals surface area contributed by atoms with Crippen LogP contribution >= 0.6 is 11.6 Å². The standard InChI is InChI=1S/C22H28ClN3O2/c1-2-25-11-13-26(14-12-25)21-9-8-19(23)16-20(21)24-22(27)10-15-28-17-18-6-4-3-5-7-18/h3-9,16H,2,10-15,17H2,1H3,(H,24,27). The van der Waals surface area contributed by atoms with Crippen LogP contribution in [0, 0.1) is 0 Å². The minimum absolute atomic E-state index is 0.0660. The monoisotopic (exact) mass is 401 g/mol. The van der Waals surface area contributed by atoms with Crippen LogP contribution in [0.4, 0.5) is 11.4 Å². The largest absolute Gasteiger partial charge is 0.376 e. The fourth-order valence-electron chi connectivity index (χ4n) is 3.33. The molecule has 0 unspecified atom stereocenters. The van der Waals surface area contributed by atoms with E-state index in [4.69, 9.17) is 16.3 Å². The molecule has 0 atom stereocenters. The maximum atomic E-state index is 12.4. The highest BCUT2D eigenvalue weighted by atomic mass is 35.5. The van der Waals surface area contributed by atoms with Crippen molar-refractivity contribution in [3.63, 3.8) is 0 Å². The number of likely N-dealkylation sites (N-methyl/N-ethyl adjacent to an activating group) is 1. The molecule has 0 saturated carbocycles. The van der Waals surface area contributed by atoms with E-state index < -0.39 is 0 Å². The third-order valence-corrected chi connectivity index (χ3v) is 5.21. The van der Waals surface area contributed by atoms with Gasteiger partial charge < -0.3 is 19.9 Å². The van der Waals surface area contributed by atoms with Gasteiger partial charge in [-0.05, 0) is 30.3 Å². The number of rotatable bonds is 8. The molecule has 0 aromatic heterocycles. The van der Waals surface area contributed by atoms with Crippen molar-refractivity contribution in [3.8, 4) is 0 Å². The van der Waals surface area contributed by atoms with Crippen LogP contribution in [0.25, 0.3) is 0 Å². The van der Waals surface area contributed by atoms with Crippen molar-refractivity contribution in [3.05, 3.63) is 59.1 Å². The van der Waals surface area contributed by atoms with Crippen LogP contribution in [0.1, 0.15) is 18.9 Å². The first kappa shape index (κ1) is 20.6. The Kier molecular flexibility index (Phi) is 7.71. The van der Waals surface area contributed by atoms with Crippen molar-refractivity contribution in [1.29, 1.82) is 0 Å². The Morgan fingerprint density at radius 2 is 1.86 bits per heavy atom. The summed E-state index contributed by atoms with van der Waals surface area (Å²) < 4.78 is 5.62. The van der Waals surface area contributed by atoms with Crippen LogP contribution < -0.4 is 10.2 Å². The van der Waals surface area contributed by atoms with Gasteiger partial charge in [-0.15, -0.1) is 0 Å². The van der Waals surface area contributed by atoms with Gasteiger partial charge in [0, 0.05) is 31.2 Å². The van der Waals surface area contributed by atoms with E-state index in [1.807, 2.05) is 48.5 Å². The van der Waals surface area contributed by atoms with E-state index >= 15 is 0 Å². The lowest BCUT2D eigenvalue weighted by Gasteiger charge is -2.36. The third-order valence-electron chi connectivity index (χ3n) is 4.98. The summed E-state index contributed by atoms with van der Waals surface area (Å²) >= 11 is 6.18. The third kappa shape index (κ3) is 5.96. The molecule has 1 saturated heterocycles. The number of anilines is 2. The summed E-state index contributed by atoms with van der Waals surface area (Å²) in [6.45, 7) is 8.09. The van der Waals surface area contributed by atoms with E-state index in [2.05, 4.69) is 22.0 Å². The fraction of sp³-hybridized carbons (Fsp3) is 0.409. The number of piperazine rings is 1. The maximum Gasteiger partial charge on any atom is 0.226 e. The van der Waals surface area contributed by atoms with E-state index in [0.29, 0.717) is 24.7 Å². The number of hydrogen-bond donors (Lipinski definition) is 1. The molecule has 0 radical (unpaired) electrons. The highest BCUT2D eigenvalue weighted by Gasteiger charge is 2.19. The summed E-state index contributed by atoms with van der Waals surface area (Å²) in [7, 11) is 0. The molecule has 28 heavy (non-hydrogen) atoms. The van der Waals surface area contributed by atoms with Gasteiger partial charge in [-0.1, -0.05) is 48.9 Å². The van der Waals surface area contributed by atoms with Gasteiger partial charge in [0.1, 0.15) is 0 Å². The number of carbonyl (C=O) groups is 1. The number of nitrogens with one attached hydrogen (secondary N) is 1. The van der Waals surface area contributed by atoms with Gasteiger partial charge in [0.2, 0.25) is 5.91 Å². The van der Waals surface area contributed by atoms with Crippen LogP contribution in [0.5, 0.6) is 0 Å². The molecule has 1 aliphatic rings. The topological polar surface area (TPSA) is 44.8 Å². The van der Waals surface area contributed by atoms with Crippen LogP contribution in [0.2, 0.25) is 5.02 Å². The van der Waals surface area contributed by atoms with Crippen LogP contribution in [-0.2, 0) is 16.1 Å².